The molecule has 0 amide bonds. The largest absolute Gasteiger partial charge is 0.344 e. The summed E-state index contributed by atoms with van der Waals surface area (Å²) in [4.78, 5) is 0. The fourth-order valence-electron chi connectivity index (χ4n) is 3.68. The fraction of sp³-hybridized carbons (Fsp3) is 1.00. The molecule has 3 heteroatoms. The molecule has 0 bridgehead atoms. The summed E-state index contributed by atoms with van der Waals surface area (Å²) in [7, 11) is -1.08. The van der Waals surface area contributed by atoms with Crippen molar-refractivity contribution < 1.29 is 0 Å². The molecule has 1 aliphatic carbocycles. The van der Waals surface area contributed by atoms with Crippen LogP contribution < -0.4 is 0 Å². The summed E-state index contributed by atoms with van der Waals surface area (Å²) >= 11 is 0. The van der Waals surface area contributed by atoms with Gasteiger partial charge in [-0.2, -0.15) is 0 Å². The zero-order valence-corrected chi connectivity index (χ0v) is 11.4. The third-order valence-electron chi connectivity index (χ3n) is 4.07. The van der Waals surface area contributed by atoms with Gasteiger partial charge in [0, 0.05) is 0 Å². The van der Waals surface area contributed by atoms with Crippen molar-refractivity contribution in [3.05, 3.63) is 0 Å². The van der Waals surface area contributed by atoms with E-state index >= 15 is 0 Å². The Labute approximate surface area is 85.3 Å². The summed E-state index contributed by atoms with van der Waals surface area (Å²) in [5.41, 5.74) is 1.15. The Morgan fingerprint density at radius 3 is 2.38 bits per heavy atom. The van der Waals surface area contributed by atoms with Crippen molar-refractivity contribution in [2.45, 2.75) is 63.5 Å². The number of fused-ring (bicyclic) bond motifs is 1. The molecular weight excluding hydrogens is 190 g/mol. The lowest BCUT2D eigenvalue weighted by molar-refractivity contribution is 0.253. The zero-order valence-electron chi connectivity index (χ0n) is 9.43. The van der Waals surface area contributed by atoms with Gasteiger partial charge in [-0.25, -0.2) is 0 Å². The summed E-state index contributed by atoms with van der Waals surface area (Å²) in [6.45, 7) is 10.1. The first-order chi connectivity index (χ1) is 6.05. The molecule has 0 unspecified atom stereocenters. The van der Waals surface area contributed by atoms with Crippen LogP contribution >= 0.6 is 0 Å². The van der Waals surface area contributed by atoms with Gasteiger partial charge in [0.1, 0.15) is 17.2 Å². The van der Waals surface area contributed by atoms with Crippen LogP contribution in [-0.4, -0.2) is 27.5 Å². The quantitative estimate of drug-likeness (QED) is 0.604. The summed E-state index contributed by atoms with van der Waals surface area (Å²) in [6.07, 6.45) is 6.07. The monoisotopic (exact) mass is 212 g/mol. The minimum atomic E-state index is -0.927. The highest BCUT2D eigenvalue weighted by Gasteiger charge is 2.56. The molecule has 0 aromatic rings. The van der Waals surface area contributed by atoms with Gasteiger partial charge < -0.3 is 4.23 Å². The average molecular weight is 212 g/mol. The summed E-state index contributed by atoms with van der Waals surface area (Å²) < 4.78 is 2.97. The van der Waals surface area contributed by atoms with Gasteiger partial charge in [-0.3, -0.25) is 0 Å². The van der Waals surface area contributed by atoms with Crippen molar-refractivity contribution >= 4 is 17.2 Å². The molecule has 1 heterocycles. The van der Waals surface area contributed by atoms with Crippen molar-refractivity contribution in [1.29, 1.82) is 0 Å². The molecule has 0 aromatic carbocycles. The van der Waals surface area contributed by atoms with Crippen LogP contribution in [0, 0.1) is 0 Å². The van der Waals surface area contributed by atoms with Gasteiger partial charge >= 0.3 is 0 Å². The van der Waals surface area contributed by atoms with Crippen molar-refractivity contribution in [3.63, 3.8) is 0 Å². The van der Waals surface area contributed by atoms with Crippen LogP contribution in [0.25, 0.3) is 0 Å². The Morgan fingerprint density at radius 1 is 1.15 bits per heavy atom. The molecule has 0 N–H and O–H groups in total. The Hall–Kier alpha value is 0.394. The SMILES string of the molecule is C[Si](C)N1[C@H]2CCCC[C@H]2[Si]1(C)C. The van der Waals surface area contributed by atoms with Gasteiger partial charge in [0.25, 0.3) is 0 Å². The third-order valence-corrected chi connectivity index (χ3v) is 12.5. The van der Waals surface area contributed by atoms with E-state index in [2.05, 4.69) is 30.4 Å². The van der Waals surface area contributed by atoms with Crippen LogP contribution in [0.2, 0.25) is 31.7 Å². The van der Waals surface area contributed by atoms with Crippen LogP contribution in [0.4, 0.5) is 0 Å². The molecule has 1 radical (unpaired) electrons. The van der Waals surface area contributed by atoms with Crippen LogP contribution in [0.5, 0.6) is 0 Å². The molecule has 0 aromatic heterocycles. The lowest BCUT2D eigenvalue weighted by Crippen LogP contribution is -2.74. The molecule has 0 spiro atoms. The van der Waals surface area contributed by atoms with Gasteiger partial charge in [-0.1, -0.05) is 45.5 Å². The second kappa shape index (κ2) is 3.21. The molecule has 1 nitrogen and oxygen atoms in total. The number of rotatable bonds is 1. The average Bonchev–Trinajstić information content (AvgIpc) is 2.03. The minimum absolute atomic E-state index is 0.157. The maximum absolute atomic E-state index is 2.97. The Morgan fingerprint density at radius 2 is 1.77 bits per heavy atom. The Kier molecular flexibility index (Phi) is 2.45. The van der Waals surface area contributed by atoms with Crippen molar-refractivity contribution in [2.24, 2.45) is 0 Å². The van der Waals surface area contributed by atoms with Crippen molar-refractivity contribution in [3.8, 4) is 0 Å². The lowest BCUT2D eigenvalue weighted by Gasteiger charge is -2.64. The fourth-order valence-corrected chi connectivity index (χ4v) is 13.4. The van der Waals surface area contributed by atoms with Crippen molar-refractivity contribution in [2.75, 3.05) is 0 Å². The van der Waals surface area contributed by atoms with Crippen molar-refractivity contribution in [1.82, 2.24) is 4.23 Å². The first-order valence-electron chi connectivity index (χ1n) is 5.64. The van der Waals surface area contributed by atoms with E-state index in [1.807, 2.05) is 0 Å². The molecule has 2 rings (SSSR count). The molecule has 75 valence electrons. The van der Waals surface area contributed by atoms with E-state index in [1.165, 1.54) is 19.3 Å². The van der Waals surface area contributed by atoms with Gasteiger partial charge in [-0.05, 0) is 18.0 Å². The van der Waals surface area contributed by atoms with E-state index in [0.29, 0.717) is 0 Å². The molecule has 2 fully saturated rings. The lowest BCUT2D eigenvalue weighted by atomic mass is 9.95. The molecule has 1 saturated carbocycles. The topological polar surface area (TPSA) is 3.24 Å². The summed E-state index contributed by atoms with van der Waals surface area (Å²) in [5.74, 6) is 0. The second-order valence-electron chi connectivity index (χ2n) is 5.43. The smallest absolute Gasteiger partial charge is 0.122 e. The second-order valence-corrected chi connectivity index (χ2v) is 12.8. The van der Waals surface area contributed by atoms with Gasteiger partial charge in [0.05, 0.1) is 0 Å². The highest BCUT2D eigenvalue weighted by Crippen LogP contribution is 2.51. The van der Waals surface area contributed by atoms with E-state index in [0.717, 1.165) is 11.6 Å². The molecule has 2 aliphatic rings. The number of nitrogens with zero attached hydrogens (tertiary/aromatic N) is 1. The number of hydrogen-bond donors (Lipinski definition) is 0. The van der Waals surface area contributed by atoms with Crippen LogP contribution in [0.3, 0.4) is 0 Å². The Balaban J connectivity index is 2.12. The first-order valence-corrected chi connectivity index (χ1v) is 11.1. The van der Waals surface area contributed by atoms with Gasteiger partial charge in [-0.15, -0.1) is 0 Å². The van der Waals surface area contributed by atoms with Crippen LogP contribution in [-0.2, 0) is 0 Å². The molecular formula is C10H22NSi2. The zero-order chi connectivity index (χ0) is 9.64. The normalized spacial score (nSPS) is 38.5. The third kappa shape index (κ3) is 1.36. The maximum Gasteiger partial charge on any atom is 0.122 e. The van der Waals surface area contributed by atoms with Crippen LogP contribution in [0.15, 0.2) is 0 Å². The van der Waals surface area contributed by atoms with Gasteiger partial charge in [0.15, 0.2) is 0 Å². The highest BCUT2D eigenvalue weighted by molar-refractivity contribution is 6.87. The van der Waals surface area contributed by atoms with E-state index in [4.69, 9.17) is 0 Å². The maximum atomic E-state index is 2.97. The highest BCUT2D eigenvalue weighted by atomic mass is 28.4. The molecule has 2 atom stereocenters. The summed E-state index contributed by atoms with van der Waals surface area (Å²) in [5, 5.41) is 0. The van der Waals surface area contributed by atoms with E-state index in [9.17, 15) is 0 Å². The predicted octanol–water partition coefficient (Wildman–Crippen LogP) is 3.07. The molecule has 1 saturated heterocycles. The van der Waals surface area contributed by atoms with E-state index in [1.54, 1.807) is 6.42 Å². The Bertz CT molecular complexity index is 203. The van der Waals surface area contributed by atoms with E-state index in [-0.39, 0.29) is 8.96 Å². The first kappa shape index (κ1) is 9.93. The summed E-state index contributed by atoms with van der Waals surface area (Å²) in [6, 6.07) is 1.03. The standard InChI is InChI=1S/C10H22NSi2/c1-12(2)11-9-7-5-6-8-10(9)13(11,3)4/h9-10H,5-8H2,1-4H3/t9-,10+/m0/s1. The van der Waals surface area contributed by atoms with Gasteiger partial charge in [0.2, 0.25) is 0 Å². The predicted molar refractivity (Wildman–Crippen MR) is 62.8 cm³/mol. The van der Waals surface area contributed by atoms with E-state index < -0.39 is 8.24 Å². The minimum Gasteiger partial charge on any atom is -0.344 e. The molecule has 1 aliphatic heterocycles. The number of hydrogen-bond acceptors (Lipinski definition) is 1. The van der Waals surface area contributed by atoms with Crippen LogP contribution in [0.1, 0.15) is 25.7 Å². The molecule has 13 heavy (non-hydrogen) atoms.